The number of amides is 1. The summed E-state index contributed by atoms with van der Waals surface area (Å²) in [4.78, 5) is 12.7. The quantitative estimate of drug-likeness (QED) is 0.485. The van der Waals surface area contributed by atoms with Gasteiger partial charge in [-0.15, -0.1) is 0 Å². The van der Waals surface area contributed by atoms with Gasteiger partial charge in [-0.05, 0) is 60.7 Å². The van der Waals surface area contributed by atoms with Crippen molar-refractivity contribution in [1.82, 2.24) is 5.32 Å². The van der Waals surface area contributed by atoms with E-state index in [1.165, 1.54) is 6.07 Å². The smallest absolute Gasteiger partial charge is 0.419 e. The van der Waals surface area contributed by atoms with Gasteiger partial charge in [0.1, 0.15) is 11.6 Å². The first-order chi connectivity index (χ1) is 15.7. The number of aryl methyl sites for hydroxylation is 1. The van der Waals surface area contributed by atoms with Gasteiger partial charge in [0.05, 0.1) is 12.2 Å². The van der Waals surface area contributed by atoms with Crippen LogP contribution in [-0.2, 0) is 25.4 Å². The van der Waals surface area contributed by atoms with Crippen molar-refractivity contribution < 1.29 is 27.1 Å². The minimum Gasteiger partial charge on any atom is -0.493 e. The molecule has 0 aliphatic heterocycles. The van der Waals surface area contributed by atoms with E-state index < -0.39 is 29.2 Å². The van der Waals surface area contributed by atoms with E-state index in [0.29, 0.717) is 18.4 Å². The highest BCUT2D eigenvalue weighted by Crippen LogP contribution is 2.37. The average molecular weight is 457 g/mol. The molecule has 1 aliphatic rings. The minimum atomic E-state index is -4.65. The molecule has 4 rings (SSSR count). The van der Waals surface area contributed by atoms with Gasteiger partial charge in [-0.3, -0.25) is 4.79 Å². The summed E-state index contributed by atoms with van der Waals surface area (Å²) in [5.74, 6) is -1.35. The number of hydrogen-bond acceptors (Lipinski definition) is 2. The Labute approximate surface area is 189 Å². The van der Waals surface area contributed by atoms with Gasteiger partial charge in [0.15, 0.2) is 0 Å². The summed E-state index contributed by atoms with van der Waals surface area (Å²) in [6.07, 6.45) is -3.20. The monoisotopic (exact) mass is 457 g/mol. The Morgan fingerprint density at radius 1 is 1.03 bits per heavy atom. The van der Waals surface area contributed by atoms with Gasteiger partial charge in [0.2, 0.25) is 0 Å². The highest BCUT2D eigenvalue weighted by atomic mass is 19.4. The van der Waals surface area contributed by atoms with Crippen molar-refractivity contribution in [3.8, 4) is 5.75 Å². The number of hydrogen-bond donors (Lipinski definition) is 1. The predicted molar refractivity (Wildman–Crippen MR) is 117 cm³/mol. The molecule has 7 heteroatoms. The third-order valence-electron chi connectivity index (χ3n) is 5.77. The molecule has 0 aromatic heterocycles. The van der Waals surface area contributed by atoms with E-state index in [9.17, 15) is 22.4 Å². The lowest BCUT2D eigenvalue weighted by Crippen LogP contribution is -2.35. The molecule has 1 N–H and O–H groups in total. The van der Waals surface area contributed by atoms with E-state index in [1.54, 1.807) is 19.1 Å². The van der Waals surface area contributed by atoms with Crippen LogP contribution in [0.1, 0.15) is 38.2 Å². The lowest BCUT2D eigenvalue weighted by atomic mass is 10.1. The summed E-state index contributed by atoms with van der Waals surface area (Å²) in [6.45, 7) is 1.64. The second-order valence-corrected chi connectivity index (χ2v) is 8.25. The molecule has 0 unspecified atom stereocenters. The van der Waals surface area contributed by atoms with Crippen LogP contribution in [-0.4, -0.2) is 18.6 Å². The van der Waals surface area contributed by atoms with Gasteiger partial charge >= 0.3 is 6.18 Å². The van der Waals surface area contributed by atoms with Crippen molar-refractivity contribution in [2.24, 2.45) is 0 Å². The fraction of sp³-hybridized carbons (Fsp3) is 0.269. The number of rotatable bonds is 6. The van der Waals surface area contributed by atoms with Gasteiger partial charge in [0.25, 0.3) is 5.91 Å². The van der Waals surface area contributed by atoms with Gasteiger partial charge in [-0.25, -0.2) is 4.39 Å². The molecule has 3 nitrogen and oxygen atoms in total. The van der Waals surface area contributed by atoms with Crippen LogP contribution in [0.15, 0.2) is 60.7 Å². The second-order valence-electron chi connectivity index (χ2n) is 8.25. The van der Waals surface area contributed by atoms with E-state index in [2.05, 4.69) is 5.32 Å². The average Bonchev–Trinajstić information content (AvgIpc) is 3.17. The standard InChI is InChI=1S/C26H23F4NO2/c1-16-6-9-23(27)19(12-16)10-11-33-24-15-20(7-8-22(24)26(28,29)30)25(32)31-21-13-17-4-2-3-5-18(17)14-21/h2-9,12,15,21H,10-11,13-14H2,1H3,(H,31,32). The van der Waals surface area contributed by atoms with Crippen LogP contribution in [0.5, 0.6) is 5.75 Å². The molecular formula is C26H23F4NO2. The molecule has 3 aromatic carbocycles. The third-order valence-corrected chi connectivity index (χ3v) is 5.77. The van der Waals surface area contributed by atoms with E-state index in [4.69, 9.17) is 4.74 Å². The molecule has 1 aliphatic carbocycles. The first-order valence-corrected chi connectivity index (χ1v) is 10.7. The molecule has 0 spiro atoms. The molecular weight excluding hydrogens is 434 g/mol. The first-order valence-electron chi connectivity index (χ1n) is 10.7. The molecule has 0 radical (unpaired) electrons. The van der Waals surface area contributed by atoms with E-state index in [0.717, 1.165) is 34.9 Å². The highest BCUT2D eigenvalue weighted by Gasteiger charge is 2.35. The van der Waals surface area contributed by atoms with Crippen molar-refractivity contribution in [1.29, 1.82) is 0 Å². The summed E-state index contributed by atoms with van der Waals surface area (Å²) in [6, 6.07) is 15.4. The van der Waals surface area contributed by atoms with Crippen molar-refractivity contribution in [2.75, 3.05) is 6.61 Å². The normalized spacial score (nSPS) is 13.6. The minimum absolute atomic E-state index is 0.0793. The van der Waals surface area contributed by atoms with Crippen LogP contribution in [0.2, 0.25) is 0 Å². The number of carbonyl (C=O) groups excluding carboxylic acids is 1. The SMILES string of the molecule is Cc1ccc(F)c(CCOc2cc(C(=O)NC3Cc4ccccc4C3)ccc2C(F)(F)F)c1. The summed E-state index contributed by atoms with van der Waals surface area (Å²) in [5, 5.41) is 2.90. The highest BCUT2D eigenvalue weighted by molar-refractivity contribution is 5.95. The van der Waals surface area contributed by atoms with Crippen molar-refractivity contribution in [3.05, 3.63) is 99.9 Å². The maximum atomic E-state index is 13.9. The Kier molecular flexibility index (Phi) is 6.40. The van der Waals surface area contributed by atoms with Crippen molar-refractivity contribution in [2.45, 2.75) is 38.4 Å². The first kappa shape index (κ1) is 22.8. The fourth-order valence-electron chi connectivity index (χ4n) is 4.11. The van der Waals surface area contributed by atoms with Crippen molar-refractivity contribution >= 4 is 5.91 Å². The van der Waals surface area contributed by atoms with Crippen LogP contribution in [0.3, 0.4) is 0 Å². The zero-order valence-electron chi connectivity index (χ0n) is 18.0. The van der Waals surface area contributed by atoms with Crippen molar-refractivity contribution in [3.63, 3.8) is 0 Å². The molecule has 0 heterocycles. The Hall–Kier alpha value is -3.35. The zero-order valence-corrected chi connectivity index (χ0v) is 18.0. The fourth-order valence-corrected chi connectivity index (χ4v) is 4.11. The van der Waals surface area contributed by atoms with Gasteiger partial charge in [0, 0.05) is 18.0 Å². The summed E-state index contributed by atoms with van der Waals surface area (Å²) >= 11 is 0. The van der Waals surface area contributed by atoms with E-state index >= 15 is 0 Å². The number of halogens is 4. The van der Waals surface area contributed by atoms with Crippen LogP contribution < -0.4 is 10.1 Å². The second kappa shape index (κ2) is 9.25. The Balaban J connectivity index is 1.47. The van der Waals surface area contributed by atoms with Gasteiger partial charge < -0.3 is 10.1 Å². The molecule has 172 valence electrons. The van der Waals surface area contributed by atoms with E-state index in [-0.39, 0.29) is 24.6 Å². The summed E-state index contributed by atoms with van der Waals surface area (Å²) < 4.78 is 59.8. The summed E-state index contributed by atoms with van der Waals surface area (Å²) in [7, 11) is 0. The maximum Gasteiger partial charge on any atom is 0.419 e. The molecule has 33 heavy (non-hydrogen) atoms. The zero-order chi connectivity index (χ0) is 23.6. The molecule has 0 atom stereocenters. The van der Waals surface area contributed by atoms with Crippen LogP contribution in [0, 0.1) is 12.7 Å². The molecule has 0 fully saturated rings. The van der Waals surface area contributed by atoms with Crippen LogP contribution in [0.4, 0.5) is 17.6 Å². The number of benzene rings is 3. The number of alkyl halides is 3. The van der Waals surface area contributed by atoms with Gasteiger partial charge in [-0.2, -0.15) is 13.2 Å². The molecule has 0 saturated heterocycles. The largest absolute Gasteiger partial charge is 0.493 e. The van der Waals surface area contributed by atoms with Crippen LogP contribution in [0.25, 0.3) is 0 Å². The number of nitrogens with one attached hydrogen (secondary N) is 1. The molecule has 0 saturated carbocycles. The number of carbonyl (C=O) groups is 1. The lowest BCUT2D eigenvalue weighted by Gasteiger charge is -2.17. The number of fused-ring (bicyclic) bond motifs is 1. The lowest BCUT2D eigenvalue weighted by molar-refractivity contribution is -0.138. The maximum absolute atomic E-state index is 13.9. The molecule has 0 bridgehead atoms. The molecule has 3 aromatic rings. The van der Waals surface area contributed by atoms with Gasteiger partial charge in [-0.1, -0.05) is 42.0 Å². The Morgan fingerprint density at radius 3 is 2.39 bits per heavy atom. The van der Waals surface area contributed by atoms with E-state index in [1.807, 2.05) is 24.3 Å². The topological polar surface area (TPSA) is 38.3 Å². The molecule has 1 amide bonds. The third kappa shape index (κ3) is 5.35. The Bertz CT molecular complexity index is 1150. The van der Waals surface area contributed by atoms with Crippen LogP contribution >= 0.6 is 0 Å². The number of ether oxygens (including phenoxy) is 1. The predicted octanol–water partition coefficient (Wildman–Crippen LogP) is 5.67. The summed E-state index contributed by atoms with van der Waals surface area (Å²) in [5.41, 5.74) is 2.62. The Morgan fingerprint density at radius 2 is 1.73 bits per heavy atom.